The van der Waals surface area contributed by atoms with Crippen LogP contribution in [0.3, 0.4) is 0 Å². The number of rotatable bonds is 1. The van der Waals surface area contributed by atoms with Gasteiger partial charge < -0.3 is 4.98 Å². The van der Waals surface area contributed by atoms with Crippen LogP contribution in [0.1, 0.15) is 5.69 Å². The molecular formula is C14H6F4IrNO-. The van der Waals surface area contributed by atoms with Gasteiger partial charge in [-0.2, -0.15) is 14.9 Å². The van der Waals surface area contributed by atoms with E-state index in [0.717, 1.165) is 0 Å². The molecule has 21 heavy (non-hydrogen) atoms. The summed E-state index contributed by atoms with van der Waals surface area (Å²) in [5, 5.41) is 1.24. The largest absolute Gasteiger partial charge is 0.350 e. The first kappa shape index (κ1) is 15.8. The summed E-state index contributed by atoms with van der Waals surface area (Å²) in [5.74, 6) is -11.0. The zero-order valence-electron chi connectivity index (χ0n) is 10.2. The van der Waals surface area contributed by atoms with Gasteiger partial charge in [-0.05, 0) is 10.8 Å². The van der Waals surface area contributed by atoms with E-state index in [1.807, 2.05) is 0 Å². The molecule has 1 aromatic carbocycles. The second-order valence-corrected chi connectivity index (χ2v) is 4.39. The molecule has 1 aliphatic carbocycles. The Labute approximate surface area is 130 Å². The fourth-order valence-corrected chi connectivity index (χ4v) is 2.05. The van der Waals surface area contributed by atoms with Gasteiger partial charge in [-0.3, -0.25) is 4.79 Å². The van der Waals surface area contributed by atoms with Crippen LogP contribution in [-0.4, -0.2) is 22.6 Å². The zero-order valence-corrected chi connectivity index (χ0v) is 12.6. The van der Waals surface area contributed by atoms with Crippen molar-refractivity contribution in [2.24, 2.45) is 0 Å². The second kappa shape index (κ2) is 5.00. The Balaban J connectivity index is 0.00000161. The van der Waals surface area contributed by atoms with E-state index in [-0.39, 0.29) is 25.8 Å². The van der Waals surface area contributed by atoms with Crippen molar-refractivity contribution < 1.29 is 42.5 Å². The van der Waals surface area contributed by atoms with E-state index in [1.165, 1.54) is 18.3 Å². The summed E-state index contributed by atoms with van der Waals surface area (Å²) in [4.78, 5) is 14.7. The van der Waals surface area contributed by atoms with Crippen LogP contribution in [0.15, 0.2) is 36.5 Å². The molecule has 0 saturated carbocycles. The third kappa shape index (κ3) is 2.40. The molecule has 0 N–H and O–H groups in total. The number of carbonyl (C=O) groups excluding carboxylic acids is 1. The number of allylic oxidation sites excluding steroid dienone is 2. The van der Waals surface area contributed by atoms with Crippen molar-refractivity contribution in [1.29, 1.82) is 0 Å². The second-order valence-electron chi connectivity index (χ2n) is 4.39. The third-order valence-corrected chi connectivity index (χ3v) is 3.05. The molecule has 0 unspecified atom stereocenters. The molecule has 2 aromatic rings. The molecule has 0 spiro atoms. The van der Waals surface area contributed by atoms with E-state index in [9.17, 15) is 22.4 Å². The number of hydrogen-bond donors (Lipinski definition) is 0. The average Bonchev–Trinajstić information content (AvgIpc) is 2.58. The molecule has 0 amide bonds. The first-order valence-electron chi connectivity index (χ1n) is 5.64. The van der Waals surface area contributed by atoms with Crippen LogP contribution in [0.4, 0.5) is 17.6 Å². The topological polar surface area (TPSA) is 30.0 Å². The molecule has 3 rings (SSSR count). The normalized spacial score (nSPS) is 19.2. The van der Waals surface area contributed by atoms with Crippen molar-refractivity contribution in [1.82, 2.24) is 4.98 Å². The van der Waals surface area contributed by atoms with Gasteiger partial charge in [0.25, 0.3) is 11.7 Å². The molecule has 0 saturated heterocycles. The van der Waals surface area contributed by atoms with E-state index < -0.39 is 23.2 Å². The van der Waals surface area contributed by atoms with Crippen LogP contribution in [0.2, 0.25) is 0 Å². The fourth-order valence-electron chi connectivity index (χ4n) is 2.05. The molecule has 0 atom stereocenters. The van der Waals surface area contributed by atoms with E-state index in [4.69, 9.17) is 0 Å². The minimum absolute atomic E-state index is 0. The summed E-state index contributed by atoms with van der Waals surface area (Å²) in [7, 11) is 0. The summed E-state index contributed by atoms with van der Waals surface area (Å²) in [6.45, 7) is 0. The maximum absolute atomic E-state index is 13.6. The Hall–Kier alpha value is -1.59. The van der Waals surface area contributed by atoms with E-state index in [1.54, 1.807) is 24.3 Å². The molecule has 111 valence electrons. The van der Waals surface area contributed by atoms with Gasteiger partial charge in [0.2, 0.25) is 0 Å². The fraction of sp³-hybridized carbons (Fsp3) is 0.143. The maximum Gasteiger partial charge on any atom is 0.305 e. The Morgan fingerprint density at radius 2 is 1.67 bits per heavy atom. The van der Waals surface area contributed by atoms with Crippen molar-refractivity contribution in [3.63, 3.8) is 0 Å². The molecule has 7 heteroatoms. The Bertz CT molecular complexity index is 757. The number of nitrogens with zero attached hydrogens (tertiary/aromatic N) is 1. The summed E-state index contributed by atoms with van der Waals surface area (Å²) >= 11 is 0. The van der Waals surface area contributed by atoms with E-state index in [2.05, 4.69) is 4.98 Å². The maximum atomic E-state index is 13.6. The van der Waals surface area contributed by atoms with Crippen molar-refractivity contribution in [2.45, 2.75) is 11.8 Å². The van der Waals surface area contributed by atoms with Gasteiger partial charge in [-0.25, -0.2) is 8.78 Å². The van der Waals surface area contributed by atoms with Gasteiger partial charge in [-0.15, -0.1) is 11.6 Å². The molecule has 2 nitrogen and oxygen atoms in total. The Morgan fingerprint density at radius 3 is 2.24 bits per heavy atom. The smallest absolute Gasteiger partial charge is 0.305 e. The molecule has 1 radical (unpaired) electrons. The predicted octanol–water partition coefficient (Wildman–Crippen LogP) is 3.27. The van der Waals surface area contributed by atoms with Gasteiger partial charge in [0, 0.05) is 26.3 Å². The number of pyridine rings is 1. The first-order valence-corrected chi connectivity index (χ1v) is 5.64. The van der Waals surface area contributed by atoms with E-state index in [0.29, 0.717) is 10.8 Å². The molecule has 0 fully saturated rings. The van der Waals surface area contributed by atoms with Gasteiger partial charge in [0.05, 0.1) is 0 Å². The molecule has 1 aliphatic rings. The SMILES string of the molecule is O=C1C(F)(F)[C-]=C(c2cc3ccccc3cn2)C1(F)F.[Ir]. The Morgan fingerprint density at radius 1 is 1.05 bits per heavy atom. The van der Waals surface area contributed by atoms with E-state index >= 15 is 0 Å². The molecule has 1 heterocycles. The van der Waals surface area contributed by atoms with Crippen molar-refractivity contribution in [3.05, 3.63) is 48.3 Å². The van der Waals surface area contributed by atoms with Crippen LogP contribution in [0, 0.1) is 6.08 Å². The number of Topliss-reactive ketones (excluding diaryl/α,β-unsaturated/α-hetero) is 1. The number of hydrogen-bond acceptors (Lipinski definition) is 2. The van der Waals surface area contributed by atoms with Gasteiger partial charge in [-0.1, -0.05) is 30.0 Å². The van der Waals surface area contributed by atoms with Crippen LogP contribution in [-0.2, 0) is 24.9 Å². The summed E-state index contributed by atoms with van der Waals surface area (Å²) < 4.78 is 53.4. The van der Waals surface area contributed by atoms with Gasteiger partial charge >= 0.3 is 5.92 Å². The first-order chi connectivity index (χ1) is 9.32. The number of fused-ring (bicyclic) bond motifs is 1. The molecule has 0 bridgehead atoms. The number of benzene rings is 1. The van der Waals surface area contributed by atoms with Crippen LogP contribution < -0.4 is 0 Å². The van der Waals surface area contributed by atoms with Crippen LogP contribution in [0.5, 0.6) is 0 Å². The number of halogens is 4. The average molecular weight is 472 g/mol. The van der Waals surface area contributed by atoms with Crippen molar-refractivity contribution in [3.8, 4) is 0 Å². The minimum atomic E-state index is -4.29. The Kier molecular flexibility index (Phi) is 3.76. The standard InChI is InChI=1S/C14H6F4NO.Ir/c15-13(16)6-10(14(17,18)12(13)20)11-5-8-3-1-2-4-9(8)7-19-11;/h1-5,7H;/q-1;. The van der Waals surface area contributed by atoms with Crippen LogP contribution in [0.25, 0.3) is 16.3 Å². The third-order valence-electron chi connectivity index (χ3n) is 3.05. The summed E-state index contributed by atoms with van der Waals surface area (Å²) in [5.41, 5.74) is -1.54. The summed E-state index contributed by atoms with van der Waals surface area (Å²) in [6, 6.07) is 7.98. The predicted molar refractivity (Wildman–Crippen MR) is 63.3 cm³/mol. The molecular weight excluding hydrogens is 466 g/mol. The molecule has 1 aromatic heterocycles. The quantitative estimate of drug-likeness (QED) is 0.471. The zero-order chi connectivity index (χ0) is 14.5. The monoisotopic (exact) mass is 473 g/mol. The van der Waals surface area contributed by atoms with Crippen molar-refractivity contribution in [2.75, 3.05) is 0 Å². The number of ketones is 1. The number of aromatic nitrogens is 1. The van der Waals surface area contributed by atoms with Crippen LogP contribution >= 0.6 is 0 Å². The minimum Gasteiger partial charge on any atom is -0.350 e. The summed E-state index contributed by atoms with van der Waals surface area (Å²) in [6.07, 6.45) is 2.56. The number of alkyl halides is 4. The van der Waals surface area contributed by atoms with Gasteiger partial charge in [0.1, 0.15) is 0 Å². The molecule has 0 aliphatic heterocycles. The van der Waals surface area contributed by atoms with Crippen molar-refractivity contribution >= 4 is 22.1 Å². The number of carbonyl (C=O) groups is 1. The van der Waals surface area contributed by atoms with Gasteiger partial charge in [0.15, 0.2) is 0 Å².